The number of rotatable bonds is 3. The second kappa shape index (κ2) is 5.61. The second-order valence-corrected chi connectivity index (χ2v) is 5.30. The highest BCUT2D eigenvalue weighted by atomic mass is 32.1. The maximum absolute atomic E-state index is 4.32. The first-order valence-corrected chi connectivity index (χ1v) is 7.27. The molecule has 1 aromatic carbocycles. The summed E-state index contributed by atoms with van der Waals surface area (Å²) >= 11 is 1.65. The minimum atomic E-state index is 0.429. The van der Waals surface area contributed by atoms with Crippen molar-refractivity contribution >= 4 is 11.3 Å². The zero-order valence-corrected chi connectivity index (χ0v) is 11.0. The second-order valence-electron chi connectivity index (χ2n) is 4.58. The Hall–Kier alpha value is -1.23. The van der Waals surface area contributed by atoms with Crippen molar-refractivity contribution in [3.05, 3.63) is 52.0 Å². The van der Waals surface area contributed by atoms with Crippen LogP contribution < -0.4 is 10.6 Å². The molecule has 3 rings (SSSR count). The van der Waals surface area contributed by atoms with Gasteiger partial charge in [0.1, 0.15) is 0 Å². The molecule has 18 heavy (non-hydrogen) atoms. The summed E-state index contributed by atoms with van der Waals surface area (Å²) in [6, 6.07) is 9.12. The van der Waals surface area contributed by atoms with Crippen LogP contribution in [-0.2, 0) is 13.1 Å². The SMILES string of the molecule is c1ccc2c(c1)CNCCC2NCc1cscn1. The maximum atomic E-state index is 4.32. The number of aromatic nitrogens is 1. The number of hydrogen-bond donors (Lipinski definition) is 2. The fourth-order valence-corrected chi connectivity index (χ4v) is 2.98. The molecule has 2 aromatic rings. The van der Waals surface area contributed by atoms with Gasteiger partial charge < -0.3 is 10.6 Å². The van der Waals surface area contributed by atoms with Crippen molar-refractivity contribution in [3.8, 4) is 0 Å². The van der Waals surface area contributed by atoms with Crippen LogP contribution in [0.5, 0.6) is 0 Å². The normalized spacial score (nSPS) is 19.2. The van der Waals surface area contributed by atoms with E-state index in [0.29, 0.717) is 6.04 Å². The van der Waals surface area contributed by atoms with E-state index < -0.39 is 0 Å². The van der Waals surface area contributed by atoms with Gasteiger partial charge in [0, 0.05) is 24.5 Å². The lowest BCUT2D eigenvalue weighted by molar-refractivity contribution is 0.493. The standard InChI is InChI=1S/C14H17N3S/c1-2-4-13-11(3-1)7-15-6-5-14(13)16-8-12-9-18-10-17-12/h1-4,9-10,14-16H,5-8H2. The van der Waals surface area contributed by atoms with Crippen LogP contribution >= 0.6 is 11.3 Å². The molecule has 0 amide bonds. The van der Waals surface area contributed by atoms with Crippen molar-refractivity contribution < 1.29 is 0 Å². The molecule has 0 saturated carbocycles. The lowest BCUT2D eigenvalue weighted by atomic mass is 9.99. The number of nitrogens with one attached hydrogen (secondary N) is 2. The largest absolute Gasteiger partial charge is 0.313 e. The first-order chi connectivity index (χ1) is 8.93. The van der Waals surface area contributed by atoms with E-state index in [1.54, 1.807) is 11.3 Å². The van der Waals surface area contributed by atoms with E-state index in [-0.39, 0.29) is 0 Å². The predicted octanol–water partition coefficient (Wildman–Crippen LogP) is 2.47. The van der Waals surface area contributed by atoms with E-state index in [1.165, 1.54) is 11.1 Å². The highest BCUT2D eigenvalue weighted by molar-refractivity contribution is 7.07. The van der Waals surface area contributed by atoms with Gasteiger partial charge in [-0.3, -0.25) is 0 Å². The molecule has 1 atom stereocenters. The molecule has 0 spiro atoms. The summed E-state index contributed by atoms with van der Waals surface area (Å²) in [6.45, 7) is 2.89. The van der Waals surface area contributed by atoms with Crippen LogP contribution in [0, 0.1) is 0 Å². The first kappa shape index (κ1) is 11.8. The van der Waals surface area contributed by atoms with Gasteiger partial charge in [-0.15, -0.1) is 11.3 Å². The van der Waals surface area contributed by atoms with E-state index in [1.807, 2.05) is 5.51 Å². The average molecular weight is 259 g/mol. The Bertz CT molecular complexity index is 496. The Morgan fingerprint density at radius 1 is 1.39 bits per heavy atom. The Kier molecular flexibility index (Phi) is 3.69. The van der Waals surface area contributed by atoms with Gasteiger partial charge in [0.2, 0.25) is 0 Å². The number of fused-ring (bicyclic) bond motifs is 1. The zero-order valence-electron chi connectivity index (χ0n) is 10.2. The van der Waals surface area contributed by atoms with Gasteiger partial charge in [0.15, 0.2) is 0 Å². The average Bonchev–Trinajstić information content (AvgIpc) is 2.84. The molecule has 1 aliphatic rings. The fourth-order valence-electron chi connectivity index (χ4n) is 2.42. The van der Waals surface area contributed by atoms with Crippen molar-refractivity contribution in [2.24, 2.45) is 0 Å². The van der Waals surface area contributed by atoms with Gasteiger partial charge in [0.05, 0.1) is 11.2 Å². The van der Waals surface area contributed by atoms with Gasteiger partial charge in [-0.05, 0) is 24.1 Å². The van der Waals surface area contributed by atoms with E-state index >= 15 is 0 Å². The summed E-state index contributed by atoms with van der Waals surface area (Å²) in [4.78, 5) is 4.32. The molecule has 1 aliphatic heterocycles. The lowest BCUT2D eigenvalue weighted by Crippen LogP contribution is -2.22. The molecule has 2 heterocycles. The van der Waals surface area contributed by atoms with Crippen LogP contribution in [0.2, 0.25) is 0 Å². The molecule has 4 heteroatoms. The molecular formula is C14H17N3S. The zero-order chi connectivity index (χ0) is 12.2. The van der Waals surface area contributed by atoms with Gasteiger partial charge in [-0.25, -0.2) is 4.98 Å². The van der Waals surface area contributed by atoms with E-state index in [0.717, 1.165) is 31.7 Å². The minimum Gasteiger partial charge on any atom is -0.313 e. The molecule has 0 saturated heterocycles. The smallest absolute Gasteiger partial charge is 0.0795 e. The molecule has 3 nitrogen and oxygen atoms in total. The van der Waals surface area contributed by atoms with Gasteiger partial charge in [-0.2, -0.15) is 0 Å². The van der Waals surface area contributed by atoms with Crippen molar-refractivity contribution in [2.45, 2.75) is 25.6 Å². The summed E-state index contributed by atoms with van der Waals surface area (Å²) in [5.74, 6) is 0. The van der Waals surface area contributed by atoms with Crippen LogP contribution in [0.1, 0.15) is 29.3 Å². The summed E-state index contributed by atoms with van der Waals surface area (Å²) < 4.78 is 0. The monoisotopic (exact) mass is 259 g/mol. The Morgan fingerprint density at radius 3 is 3.22 bits per heavy atom. The summed E-state index contributed by atoms with van der Waals surface area (Å²) in [5, 5.41) is 9.20. The van der Waals surface area contributed by atoms with Gasteiger partial charge in [0.25, 0.3) is 0 Å². The Morgan fingerprint density at radius 2 is 2.33 bits per heavy atom. The highest BCUT2D eigenvalue weighted by Gasteiger charge is 2.17. The van der Waals surface area contributed by atoms with Crippen LogP contribution in [0.3, 0.4) is 0 Å². The molecule has 94 valence electrons. The van der Waals surface area contributed by atoms with Crippen LogP contribution in [0.15, 0.2) is 35.2 Å². The molecule has 0 radical (unpaired) electrons. The van der Waals surface area contributed by atoms with Crippen molar-refractivity contribution in [3.63, 3.8) is 0 Å². The van der Waals surface area contributed by atoms with E-state index in [4.69, 9.17) is 0 Å². The molecular weight excluding hydrogens is 242 g/mol. The van der Waals surface area contributed by atoms with Crippen molar-refractivity contribution in [1.29, 1.82) is 0 Å². The maximum Gasteiger partial charge on any atom is 0.0795 e. The predicted molar refractivity (Wildman–Crippen MR) is 74.5 cm³/mol. The molecule has 0 fully saturated rings. The number of thiazole rings is 1. The summed E-state index contributed by atoms with van der Waals surface area (Å²) in [5.41, 5.74) is 5.86. The van der Waals surface area contributed by atoms with Crippen LogP contribution in [0.4, 0.5) is 0 Å². The first-order valence-electron chi connectivity index (χ1n) is 6.32. The van der Waals surface area contributed by atoms with Crippen molar-refractivity contribution in [1.82, 2.24) is 15.6 Å². The molecule has 0 aliphatic carbocycles. The van der Waals surface area contributed by atoms with Crippen LogP contribution in [0.25, 0.3) is 0 Å². The third-order valence-electron chi connectivity index (χ3n) is 3.37. The quantitative estimate of drug-likeness (QED) is 0.889. The molecule has 1 aromatic heterocycles. The third kappa shape index (κ3) is 2.61. The molecule has 1 unspecified atom stereocenters. The molecule has 0 bridgehead atoms. The third-order valence-corrected chi connectivity index (χ3v) is 4.00. The van der Waals surface area contributed by atoms with Gasteiger partial charge in [-0.1, -0.05) is 24.3 Å². The number of benzene rings is 1. The van der Waals surface area contributed by atoms with Crippen molar-refractivity contribution in [2.75, 3.05) is 6.54 Å². The van der Waals surface area contributed by atoms with Gasteiger partial charge >= 0.3 is 0 Å². The number of hydrogen-bond acceptors (Lipinski definition) is 4. The van der Waals surface area contributed by atoms with Crippen LogP contribution in [-0.4, -0.2) is 11.5 Å². The number of nitrogens with zero attached hydrogens (tertiary/aromatic N) is 1. The topological polar surface area (TPSA) is 37.0 Å². The van der Waals surface area contributed by atoms with E-state index in [9.17, 15) is 0 Å². The molecule has 2 N–H and O–H groups in total. The fraction of sp³-hybridized carbons (Fsp3) is 0.357. The minimum absolute atomic E-state index is 0.429. The summed E-state index contributed by atoms with van der Waals surface area (Å²) in [7, 11) is 0. The Labute approximate surface area is 111 Å². The Balaban J connectivity index is 1.75. The van der Waals surface area contributed by atoms with E-state index in [2.05, 4.69) is 45.3 Å². The lowest BCUT2D eigenvalue weighted by Gasteiger charge is -2.18. The summed E-state index contributed by atoms with van der Waals surface area (Å²) in [6.07, 6.45) is 1.13. The highest BCUT2D eigenvalue weighted by Crippen LogP contribution is 2.23.